The third-order valence-corrected chi connectivity index (χ3v) is 4.47. The summed E-state index contributed by atoms with van der Waals surface area (Å²) in [4.78, 5) is 0. The molecule has 0 heterocycles. The third kappa shape index (κ3) is 3.87. The van der Waals surface area contributed by atoms with Crippen molar-refractivity contribution in [3.05, 3.63) is 88.5 Å². The highest BCUT2D eigenvalue weighted by molar-refractivity contribution is 5.65. The third-order valence-electron chi connectivity index (χ3n) is 4.47. The summed E-state index contributed by atoms with van der Waals surface area (Å²) < 4.78 is 27.5. The molecular weight excluding hydrogens is 318 g/mol. The predicted octanol–water partition coefficient (Wildman–Crippen LogP) is 5.74. The van der Waals surface area contributed by atoms with Crippen LogP contribution in [0.2, 0.25) is 0 Å². The highest BCUT2D eigenvalue weighted by atomic mass is 19.1. The van der Waals surface area contributed by atoms with Crippen LogP contribution in [-0.4, -0.2) is 5.11 Å². The maximum absolute atomic E-state index is 14.0. The monoisotopic (exact) mass is 338 g/mol. The van der Waals surface area contributed by atoms with Gasteiger partial charge in [0.15, 0.2) is 0 Å². The van der Waals surface area contributed by atoms with Crippen molar-refractivity contribution >= 4 is 0 Å². The van der Waals surface area contributed by atoms with Crippen molar-refractivity contribution in [1.29, 1.82) is 0 Å². The van der Waals surface area contributed by atoms with Gasteiger partial charge in [-0.05, 0) is 78.8 Å². The van der Waals surface area contributed by atoms with Crippen molar-refractivity contribution in [2.75, 3.05) is 0 Å². The van der Waals surface area contributed by atoms with Crippen LogP contribution in [0.5, 0.6) is 5.75 Å². The standard InChI is InChI=1S/C22H20F2O/c1-14-10-16(6-7-20-15(2)22(25)9-8-21(20)24)12-18(11-14)17-4-3-5-19(23)13-17/h3-5,8-13,25H,6-7H2,1-2H3. The Morgan fingerprint density at radius 3 is 2.40 bits per heavy atom. The second kappa shape index (κ2) is 7.06. The molecule has 1 nitrogen and oxygen atoms in total. The molecular formula is C22H20F2O. The van der Waals surface area contributed by atoms with Gasteiger partial charge in [-0.1, -0.05) is 35.9 Å². The van der Waals surface area contributed by atoms with Gasteiger partial charge in [0.25, 0.3) is 0 Å². The van der Waals surface area contributed by atoms with E-state index in [0.29, 0.717) is 24.0 Å². The molecule has 0 bridgehead atoms. The molecule has 0 unspecified atom stereocenters. The summed E-state index contributed by atoms with van der Waals surface area (Å²) in [6, 6.07) is 15.3. The van der Waals surface area contributed by atoms with Crippen LogP contribution in [0.4, 0.5) is 8.78 Å². The molecule has 128 valence electrons. The number of phenolic OH excluding ortho intramolecular Hbond substituents is 1. The first-order chi connectivity index (χ1) is 11.9. The van der Waals surface area contributed by atoms with E-state index in [0.717, 1.165) is 22.3 Å². The number of phenols is 1. The zero-order valence-corrected chi connectivity index (χ0v) is 14.3. The van der Waals surface area contributed by atoms with Crippen molar-refractivity contribution in [3.8, 4) is 16.9 Å². The predicted molar refractivity (Wildman–Crippen MR) is 96.8 cm³/mol. The molecule has 0 aliphatic rings. The van der Waals surface area contributed by atoms with Crippen LogP contribution in [0.3, 0.4) is 0 Å². The SMILES string of the molecule is Cc1cc(CCc2c(F)ccc(O)c2C)cc(-c2cccc(F)c2)c1. The minimum atomic E-state index is -0.298. The van der Waals surface area contributed by atoms with Gasteiger partial charge < -0.3 is 5.11 Å². The summed E-state index contributed by atoms with van der Waals surface area (Å²) in [6.45, 7) is 3.72. The number of benzene rings is 3. The van der Waals surface area contributed by atoms with E-state index in [1.165, 1.54) is 24.3 Å². The topological polar surface area (TPSA) is 20.2 Å². The Balaban J connectivity index is 1.88. The van der Waals surface area contributed by atoms with Crippen molar-refractivity contribution in [1.82, 2.24) is 0 Å². The van der Waals surface area contributed by atoms with Gasteiger partial charge in [-0.25, -0.2) is 8.78 Å². The van der Waals surface area contributed by atoms with E-state index < -0.39 is 0 Å². The minimum Gasteiger partial charge on any atom is -0.508 e. The van der Waals surface area contributed by atoms with Gasteiger partial charge in [0, 0.05) is 0 Å². The van der Waals surface area contributed by atoms with Crippen molar-refractivity contribution in [3.63, 3.8) is 0 Å². The minimum absolute atomic E-state index is 0.112. The van der Waals surface area contributed by atoms with Crippen LogP contribution in [-0.2, 0) is 12.8 Å². The molecule has 0 saturated carbocycles. The molecule has 0 amide bonds. The number of halogens is 2. The Kier molecular flexibility index (Phi) is 4.84. The number of rotatable bonds is 4. The molecule has 0 spiro atoms. The smallest absolute Gasteiger partial charge is 0.126 e. The van der Waals surface area contributed by atoms with E-state index in [9.17, 15) is 13.9 Å². The zero-order valence-electron chi connectivity index (χ0n) is 14.3. The van der Waals surface area contributed by atoms with E-state index in [1.807, 2.05) is 25.1 Å². The lowest BCUT2D eigenvalue weighted by Gasteiger charge is -2.11. The molecule has 1 N–H and O–H groups in total. The van der Waals surface area contributed by atoms with Crippen LogP contribution >= 0.6 is 0 Å². The van der Waals surface area contributed by atoms with Crippen molar-refractivity contribution in [2.24, 2.45) is 0 Å². The van der Waals surface area contributed by atoms with Crippen LogP contribution in [0, 0.1) is 25.5 Å². The molecule has 0 atom stereocenters. The average molecular weight is 338 g/mol. The van der Waals surface area contributed by atoms with Crippen LogP contribution in [0.15, 0.2) is 54.6 Å². The van der Waals surface area contributed by atoms with E-state index in [4.69, 9.17) is 0 Å². The summed E-state index contributed by atoms with van der Waals surface area (Å²) in [5.41, 5.74) is 5.02. The highest BCUT2D eigenvalue weighted by Gasteiger charge is 2.10. The number of aromatic hydroxyl groups is 1. The second-order valence-corrected chi connectivity index (χ2v) is 6.39. The fourth-order valence-corrected chi connectivity index (χ4v) is 3.13. The van der Waals surface area contributed by atoms with Crippen LogP contribution < -0.4 is 0 Å². The van der Waals surface area contributed by atoms with Crippen LogP contribution in [0.1, 0.15) is 22.3 Å². The maximum Gasteiger partial charge on any atom is 0.126 e. The van der Waals surface area contributed by atoms with E-state index in [1.54, 1.807) is 13.0 Å². The molecule has 0 fully saturated rings. The largest absolute Gasteiger partial charge is 0.508 e. The summed E-state index contributed by atoms with van der Waals surface area (Å²) in [5, 5.41) is 9.78. The molecule has 0 aliphatic carbocycles. The van der Waals surface area contributed by atoms with Gasteiger partial charge in [0.1, 0.15) is 17.4 Å². The molecule has 0 radical (unpaired) electrons. The average Bonchev–Trinajstić information content (AvgIpc) is 2.58. The van der Waals surface area contributed by atoms with Gasteiger partial charge in [-0.15, -0.1) is 0 Å². The van der Waals surface area contributed by atoms with Gasteiger partial charge in [0.2, 0.25) is 0 Å². The summed E-state index contributed by atoms with van der Waals surface area (Å²) in [7, 11) is 0. The first kappa shape index (κ1) is 17.2. The second-order valence-electron chi connectivity index (χ2n) is 6.39. The Labute approximate surface area is 146 Å². The van der Waals surface area contributed by atoms with Gasteiger partial charge in [-0.3, -0.25) is 0 Å². The normalized spacial score (nSPS) is 10.9. The number of aryl methyl sites for hydroxylation is 2. The molecule has 3 rings (SSSR count). The van der Waals surface area contributed by atoms with Gasteiger partial charge in [0.05, 0.1) is 0 Å². The lowest BCUT2D eigenvalue weighted by molar-refractivity contribution is 0.466. The molecule has 0 saturated heterocycles. The molecule has 3 aromatic rings. The summed E-state index contributed by atoms with van der Waals surface area (Å²) >= 11 is 0. The van der Waals surface area contributed by atoms with E-state index >= 15 is 0 Å². The summed E-state index contributed by atoms with van der Waals surface area (Å²) in [5.74, 6) is -0.451. The summed E-state index contributed by atoms with van der Waals surface area (Å²) in [6.07, 6.45) is 1.14. The molecule has 3 heteroatoms. The molecule has 0 aromatic heterocycles. The van der Waals surface area contributed by atoms with Crippen molar-refractivity contribution < 1.29 is 13.9 Å². The van der Waals surface area contributed by atoms with Crippen LogP contribution in [0.25, 0.3) is 11.1 Å². The lowest BCUT2D eigenvalue weighted by atomic mass is 9.95. The lowest BCUT2D eigenvalue weighted by Crippen LogP contribution is -1.99. The Hall–Kier alpha value is -2.68. The quantitative estimate of drug-likeness (QED) is 0.643. The van der Waals surface area contributed by atoms with Crippen molar-refractivity contribution in [2.45, 2.75) is 26.7 Å². The molecule has 25 heavy (non-hydrogen) atoms. The fraction of sp³-hybridized carbons (Fsp3) is 0.182. The first-order valence-corrected chi connectivity index (χ1v) is 8.27. The molecule has 0 aliphatic heterocycles. The molecule has 3 aromatic carbocycles. The van der Waals surface area contributed by atoms with E-state index in [2.05, 4.69) is 6.07 Å². The highest BCUT2D eigenvalue weighted by Crippen LogP contribution is 2.26. The fourth-order valence-electron chi connectivity index (χ4n) is 3.13. The maximum atomic E-state index is 14.0. The number of hydrogen-bond acceptors (Lipinski definition) is 1. The van der Waals surface area contributed by atoms with Gasteiger partial charge in [-0.2, -0.15) is 0 Å². The Bertz CT molecular complexity index is 916. The Morgan fingerprint density at radius 2 is 1.64 bits per heavy atom. The van der Waals surface area contributed by atoms with Gasteiger partial charge >= 0.3 is 0 Å². The number of hydrogen-bond donors (Lipinski definition) is 1. The Morgan fingerprint density at radius 1 is 0.840 bits per heavy atom. The zero-order chi connectivity index (χ0) is 18.0. The first-order valence-electron chi connectivity index (χ1n) is 8.27. The van der Waals surface area contributed by atoms with E-state index in [-0.39, 0.29) is 17.4 Å².